The van der Waals surface area contributed by atoms with Gasteiger partial charge in [0.25, 0.3) is 0 Å². The third-order valence-corrected chi connectivity index (χ3v) is 14.9. The van der Waals surface area contributed by atoms with Crippen LogP contribution in [0.2, 0.25) is 0 Å². The predicted molar refractivity (Wildman–Crippen MR) is 186 cm³/mol. The highest BCUT2D eigenvalue weighted by molar-refractivity contribution is 5.77. The lowest BCUT2D eigenvalue weighted by molar-refractivity contribution is -0.329. The van der Waals surface area contributed by atoms with Crippen LogP contribution < -0.4 is 0 Å². The van der Waals surface area contributed by atoms with Gasteiger partial charge in [0.2, 0.25) is 6.29 Å². The van der Waals surface area contributed by atoms with Gasteiger partial charge >= 0.3 is 5.97 Å². The SMILES string of the molecule is C=C1C[C@@]23CC[C@H]4[C@@](C)(CCC[C@@]4(C)C(=O)O[C@@H]4OC(CO[C@H]5OC(CO)[C@@H](O)[C@H](O)C5O)[C@@H](O)[C@H](O)C4O)[C@@H]2CC[C@]1(O[C@@H]1OC(CO)[C@@H](O)[C@H](O)C1O)C3. The first-order valence-electron chi connectivity index (χ1n) is 19.9. The molecule has 1 spiro atoms. The number of carbonyl (C=O) groups excluding carboxylic acids is 1. The molecule has 7 rings (SSSR count). The number of aliphatic hydroxyl groups is 11. The number of rotatable bonds is 9. The molecule has 18 heteroatoms. The molecule has 3 heterocycles. The normalized spacial score (nSPS) is 54.6. The molecule has 3 saturated heterocycles. The summed E-state index contributed by atoms with van der Waals surface area (Å²) in [6.07, 6.45) is -17.3. The van der Waals surface area contributed by atoms with Crippen molar-refractivity contribution in [3.8, 4) is 0 Å². The lowest BCUT2D eigenvalue weighted by Crippen LogP contribution is -2.63. The van der Waals surface area contributed by atoms with Gasteiger partial charge in [-0.1, -0.05) is 19.9 Å². The third kappa shape index (κ3) is 6.78. The molecule has 0 aromatic carbocycles. The fraction of sp³-hybridized carbons (Fsp3) is 0.921. The van der Waals surface area contributed by atoms with Gasteiger partial charge in [0.1, 0.15) is 73.2 Å². The van der Waals surface area contributed by atoms with Crippen molar-refractivity contribution < 1.29 is 89.4 Å². The summed E-state index contributed by atoms with van der Waals surface area (Å²) in [4.78, 5) is 14.3. The van der Waals surface area contributed by atoms with Gasteiger partial charge in [-0.25, -0.2) is 0 Å². The molecule has 2 bridgehead atoms. The number of esters is 1. The summed E-state index contributed by atoms with van der Waals surface area (Å²) < 4.78 is 34.8. The van der Waals surface area contributed by atoms with E-state index in [9.17, 15) is 61.0 Å². The molecule has 3 aliphatic heterocycles. The Labute approximate surface area is 324 Å². The molecule has 21 atom stereocenters. The van der Waals surface area contributed by atoms with E-state index < -0.39 is 129 Å². The number of carbonyl (C=O) groups is 1. The second kappa shape index (κ2) is 15.6. The van der Waals surface area contributed by atoms with Crippen molar-refractivity contribution in [1.82, 2.24) is 0 Å². The van der Waals surface area contributed by atoms with E-state index >= 15 is 0 Å². The maximum absolute atomic E-state index is 14.3. The van der Waals surface area contributed by atoms with Crippen LogP contribution in [0.5, 0.6) is 0 Å². The topological polar surface area (TPSA) is 295 Å². The number of hydrogen-bond acceptors (Lipinski definition) is 18. The van der Waals surface area contributed by atoms with Crippen LogP contribution in [0.15, 0.2) is 12.2 Å². The zero-order valence-electron chi connectivity index (χ0n) is 31.8. The maximum atomic E-state index is 14.3. The Morgan fingerprint density at radius 2 is 1.21 bits per heavy atom. The lowest BCUT2D eigenvalue weighted by atomic mass is 9.41. The molecular weight excluding hydrogens is 744 g/mol. The van der Waals surface area contributed by atoms with Crippen LogP contribution in [0, 0.1) is 28.1 Å². The van der Waals surface area contributed by atoms with Crippen molar-refractivity contribution in [1.29, 1.82) is 0 Å². The molecule has 18 nitrogen and oxygen atoms in total. The van der Waals surface area contributed by atoms with Crippen LogP contribution in [-0.4, -0.2) is 180 Å². The summed E-state index contributed by atoms with van der Waals surface area (Å²) >= 11 is 0. The first kappa shape index (κ1) is 42.7. The minimum Gasteiger partial charge on any atom is -0.432 e. The second-order valence-electron chi connectivity index (χ2n) is 18.0. The highest BCUT2D eigenvalue weighted by Crippen LogP contribution is 2.73. The van der Waals surface area contributed by atoms with E-state index in [1.165, 1.54) is 0 Å². The van der Waals surface area contributed by atoms with Crippen LogP contribution in [0.3, 0.4) is 0 Å². The van der Waals surface area contributed by atoms with E-state index in [2.05, 4.69) is 13.5 Å². The Balaban J connectivity index is 1.03. The fourth-order valence-corrected chi connectivity index (χ4v) is 11.9. The summed E-state index contributed by atoms with van der Waals surface area (Å²) in [6.45, 7) is 6.68. The van der Waals surface area contributed by atoms with Crippen LogP contribution >= 0.6 is 0 Å². The van der Waals surface area contributed by atoms with Crippen molar-refractivity contribution in [2.24, 2.45) is 28.1 Å². The predicted octanol–water partition coefficient (Wildman–Crippen LogP) is -2.94. The standard InChI is InChI=1S/C38H60O18/c1-16-11-37-9-5-20-35(2,21(37)6-10-38(16,15-37)56-33-30(49)26(45)23(42)18(13-40)53-33)7-4-8-36(20,3)34(50)55-32-29(48)27(46)24(43)19(54-32)14-51-31-28(47)25(44)22(41)17(12-39)52-31/h17-33,39-49H,1,4-15H2,2-3H3/t17?,18?,19?,20-,21-,22+,23+,24+,25-,26-,27-,28?,29?,30?,31-,32-,33-,35+,36+,37+,38-/m0/s1. The van der Waals surface area contributed by atoms with E-state index in [-0.39, 0.29) is 22.7 Å². The summed E-state index contributed by atoms with van der Waals surface area (Å²) in [6, 6.07) is 0. The molecule has 4 saturated carbocycles. The average Bonchev–Trinajstić information content (AvgIpc) is 3.37. The van der Waals surface area contributed by atoms with Crippen LogP contribution in [-0.2, 0) is 33.2 Å². The number of aliphatic hydroxyl groups excluding tert-OH is 11. The Bertz CT molecular complexity index is 1450. The molecule has 7 fully saturated rings. The Morgan fingerprint density at radius 3 is 1.84 bits per heavy atom. The van der Waals surface area contributed by atoms with E-state index in [0.29, 0.717) is 38.5 Å². The minimum atomic E-state index is -1.81. The van der Waals surface area contributed by atoms with Crippen molar-refractivity contribution in [3.05, 3.63) is 12.2 Å². The highest BCUT2D eigenvalue weighted by Gasteiger charge is 2.69. The quantitative estimate of drug-likeness (QED) is 0.0631. The van der Waals surface area contributed by atoms with Crippen molar-refractivity contribution >= 4 is 5.97 Å². The summed E-state index contributed by atoms with van der Waals surface area (Å²) in [5.74, 6) is -0.608. The fourth-order valence-electron chi connectivity index (χ4n) is 11.9. The van der Waals surface area contributed by atoms with E-state index in [0.717, 1.165) is 24.8 Å². The Kier molecular flexibility index (Phi) is 11.9. The zero-order chi connectivity index (χ0) is 40.7. The molecular formula is C38H60O18. The van der Waals surface area contributed by atoms with Gasteiger partial charge in [0, 0.05) is 0 Å². The molecule has 0 radical (unpaired) electrons. The molecule has 0 aromatic heterocycles. The molecule has 0 amide bonds. The number of fused-ring (bicyclic) bond motifs is 3. The summed E-state index contributed by atoms with van der Waals surface area (Å²) in [5.41, 5.74) is -1.57. The van der Waals surface area contributed by atoms with Gasteiger partial charge in [-0.15, -0.1) is 0 Å². The molecule has 6 unspecified atom stereocenters. The van der Waals surface area contributed by atoms with Gasteiger partial charge in [0.05, 0.1) is 30.8 Å². The molecule has 4 aliphatic carbocycles. The van der Waals surface area contributed by atoms with E-state index in [4.69, 9.17) is 28.4 Å². The van der Waals surface area contributed by atoms with Crippen LogP contribution in [0.1, 0.15) is 71.6 Å². The molecule has 0 aromatic rings. The maximum Gasteiger partial charge on any atom is 0.314 e. The lowest BCUT2D eigenvalue weighted by Gasteiger charge is -2.64. The average molecular weight is 805 g/mol. The first-order valence-corrected chi connectivity index (χ1v) is 19.9. The van der Waals surface area contributed by atoms with Gasteiger partial charge < -0.3 is 84.6 Å². The van der Waals surface area contributed by atoms with E-state index in [1.54, 1.807) is 0 Å². The van der Waals surface area contributed by atoms with Gasteiger partial charge in [-0.05, 0) is 86.5 Å². The van der Waals surface area contributed by atoms with Gasteiger partial charge in [-0.2, -0.15) is 0 Å². The summed E-state index contributed by atoms with van der Waals surface area (Å²) in [7, 11) is 0. The van der Waals surface area contributed by atoms with Crippen molar-refractivity contribution in [3.63, 3.8) is 0 Å². The molecule has 11 N–H and O–H groups in total. The number of ether oxygens (including phenoxy) is 6. The highest BCUT2D eigenvalue weighted by atomic mass is 16.7. The number of hydrogen-bond donors (Lipinski definition) is 11. The third-order valence-electron chi connectivity index (χ3n) is 14.9. The monoisotopic (exact) mass is 804 g/mol. The summed E-state index contributed by atoms with van der Waals surface area (Å²) in [5, 5.41) is 114. The second-order valence-corrected chi connectivity index (χ2v) is 18.0. The van der Waals surface area contributed by atoms with Gasteiger partial charge in [-0.3, -0.25) is 4.79 Å². The molecule has 56 heavy (non-hydrogen) atoms. The van der Waals surface area contributed by atoms with Crippen LogP contribution in [0.4, 0.5) is 0 Å². The first-order chi connectivity index (χ1) is 26.4. The molecule has 7 aliphatic rings. The Hall–Kier alpha value is -1.43. The Morgan fingerprint density at radius 1 is 0.679 bits per heavy atom. The zero-order valence-corrected chi connectivity index (χ0v) is 31.8. The van der Waals surface area contributed by atoms with Crippen molar-refractivity contribution in [2.45, 2.75) is 169 Å². The smallest absolute Gasteiger partial charge is 0.314 e. The molecule has 320 valence electrons. The minimum absolute atomic E-state index is 0.138. The largest absolute Gasteiger partial charge is 0.432 e. The van der Waals surface area contributed by atoms with Gasteiger partial charge in [0.15, 0.2) is 12.6 Å². The van der Waals surface area contributed by atoms with Crippen LogP contribution in [0.25, 0.3) is 0 Å². The van der Waals surface area contributed by atoms with Crippen molar-refractivity contribution in [2.75, 3.05) is 19.8 Å². The van der Waals surface area contributed by atoms with E-state index in [1.807, 2.05) is 6.92 Å².